The molecule has 0 saturated heterocycles. The molecule has 4 nitrogen and oxygen atoms in total. The van der Waals surface area contributed by atoms with Crippen LogP contribution in [0.15, 0.2) is 12.1 Å². The molecule has 1 aromatic carbocycles. The predicted octanol–water partition coefficient (Wildman–Crippen LogP) is 2.41. The SMILES string of the molecule is Cc1cc(C=O)cc(C)c1OCC(=O)N[C@H](C)C1CC1. The standard InChI is InChI=1S/C16H21NO3/c1-10-6-13(8-18)7-11(2)16(10)20-9-15(19)17-12(3)14-4-5-14/h6-8,12,14H,4-5,9H2,1-3H3,(H,17,19)/t12-/m1/s1. The molecule has 2 rings (SSSR count). The van der Waals surface area contributed by atoms with Gasteiger partial charge in [0, 0.05) is 11.6 Å². The van der Waals surface area contributed by atoms with Gasteiger partial charge in [-0.1, -0.05) is 0 Å². The lowest BCUT2D eigenvalue weighted by molar-refractivity contribution is -0.123. The second-order valence-corrected chi connectivity index (χ2v) is 5.58. The van der Waals surface area contributed by atoms with Gasteiger partial charge in [-0.15, -0.1) is 0 Å². The molecule has 0 spiro atoms. The molecule has 1 N–H and O–H groups in total. The molecule has 0 aliphatic heterocycles. The van der Waals surface area contributed by atoms with Crippen LogP contribution in [0.1, 0.15) is 41.3 Å². The lowest BCUT2D eigenvalue weighted by Crippen LogP contribution is -2.37. The zero-order valence-corrected chi connectivity index (χ0v) is 12.2. The molecule has 0 heterocycles. The van der Waals surface area contributed by atoms with Gasteiger partial charge in [0.05, 0.1) is 0 Å². The average molecular weight is 275 g/mol. The molecule has 1 aliphatic carbocycles. The quantitative estimate of drug-likeness (QED) is 0.811. The number of carbonyl (C=O) groups is 2. The molecule has 1 saturated carbocycles. The van der Waals surface area contributed by atoms with Gasteiger partial charge in [0.25, 0.3) is 5.91 Å². The summed E-state index contributed by atoms with van der Waals surface area (Å²) in [5.41, 5.74) is 2.37. The van der Waals surface area contributed by atoms with Gasteiger partial charge in [-0.3, -0.25) is 9.59 Å². The van der Waals surface area contributed by atoms with Gasteiger partial charge in [0.1, 0.15) is 12.0 Å². The van der Waals surface area contributed by atoms with Crippen molar-refractivity contribution in [3.63, 3.8) is 0 Å². The van der Waals surface area contributed by atoms with E-state index < -0.39 is 0 Å². The highest BCUT2D eigenvalue weighted by molar-refractivity contribution is 5.78. The summed E-state index contributed by atoms with van der Waals surface area (Å²) in [5, 5.41) is 2.95. The van der Waals surface area contributed by atoms with E-state index in [4.69, 9.17) is 4.74 Å². The number of amides is 1. The number of hydrogen-bond donors (Lipinski definition) is 1. The maximum Gasteiger partial charge on any atom is 0.258 e. The Balaban J connectivity index is 1.93. The third-order valence-corrected chi connectivity index (χ3v) is 3.68. The van der Waals surface area contributed by atoms with E-state index in [1.165, 1.54) is 12.8 Å². The largest absolute Gasteiger partial charge is 0.483 e. The van der Waals surface area contributed by atoms with Gasteiger partial charge >= 0.3 is 0 Å². The van der Waals surface area contributed by atoms with E-state index in [9.17, 15) is 9.59 Å². The average Bonchev–Trinajstić information content (AvgIpc) is 3.21. The van der Waals surface area contributed by atoms with Crippen molar-refractivity contribution in [2.75, 3.05) is 6.61 Å². The normalized spacial score (nSPS) is 15.6. The second kappa shape index (κ2) is 6.07. The van der Waals surface area contributed by atoms with E-state index in [1.54, 1.807) is 12.1 Å². The summed E-state index contributed by atoms with van der Waals surface area (Å²) in [6.07, 6.45) is 3.22. The second-order valence-electron chi connectivity index (χ2n) is 5.58. The molecule has 20 heavy (non-hydrogen) atoms. The van der Waals surface area contributed by atoms with Crippen LogP contribution in [0.5, 0.6) is 5.75 Å². The van der Waals surface area contributed by atoms with Crippen molar-refractivity contribution in [2.24, 2.45) is 5.92 Å². The van der Waals surface area contributed by atoms with Gasteiger partial charge in [-0.05, 0) is 62.8 Å². The van der Waals surface area contributed by atoms with E-state index in [2.05, 4.69) is 5.32 Å². The van der Waals surface area contributed by atoms with Crippen LogP contribution in [-0.2, 0) is 4.79 Å². The van der Waals surface area contributed by atoms with Gasteiger partial charge in [0.2, 0.25) is 0 Å². The number of carbonyl (C=O) groups excluding carboxylic acids is 2. The van der Waals surface area contributed by atoms with Crippen LogP contribution in [0.4, 0.5) is 0 Å². The summed E-state index contributed by atoms with van der Waals surface area (Å²) in [4.78, 5) is 22.6. The summed E-state index contributed by atoms with van der Waals surface area (Å²) in [7, 11) is 0. The highest BCUT2D eigenvalue weighted by Crippen LogP contribution is 2.32. The Morgan fingerprint density at radius 1 is 1.40 bits per heavy atom. The maximum absolute atomic E-state index is 11.8. The van der Waals surface area contributed by atoms with Crippen LogP contribution in [0, 0.1) is 19.8 Å². The number of nitrogens with one attached hydrogen (secondary N) is 1. The van der Waals surface area contributed by atoms with E-state index in [0.29, 0.717) is 17.2 Å². The van der Waals surface area contributed by atoms with Crippen LogP contribution in [0.3, 0.4) is 0 Å². The first-order valence-corrected chi connectivity index (χ1v) is 7.00. The first-order chi connectivity index (χ1) is 9.51. The fourth-order valence-corrected chi connectivity index (χ4v) is 2.43. The smallest absolute Gasteiger partial charge is 0.258 e. The Morgan fingerprint density at radius 3 is 2.50 bits per heavy atom. The van der Waals surface area contributed by atoms with Crippen molar-refractivity contribution >= 4 is 12.2 Å². The molecule has 1 atom stereocenters. The molecule has 0 unspecified atom stereocenters. The summed E-state index contributed by atoms with van der Waals surface area (Å²) in [5.74, 6) is 1.22. The molecule has 0 radical (unpaired) electrons. The minimum absolute atomic E-state index is 0.0131. The van der Waals surface area contributed by atoms with E-state index >= 15 is 0 Å². The fraction of sp³-hybridized carbons (Fsp3) is 0.500. The number of aldehydes is 1. The molecule has 4 heteroatoms. The third kappa shape index (κ3) is 3.59. The molecule has 108 valence electrons. The van der Waals surface area contributed by atoms with Crippen molar-refractivity contribution in [1.29, 1.82) is 0 Å². The summed E-state index contributed by atoms with van der Waals surface area (Å²) in [6.45, 7) is 5.80. The number of benzene rings is 1. The van der Waals surface area contributed by atoms with Gasteiger partial charge in [-0.25, -0.2) is 0 Å². The monoisotopic (exact) mass is 275 g/mol. The number of rotatable bonds is 6. The summed E-state index contributed by atoms with van der Waals surface area (Å²) < 4.78 is 5.60. The molecule has 1 aliphatic rings. The molecule has 1 aromatic rings. The lowest BCUT2D eigenvalue weighted by Gasteiger charge is -2.15. The molecule has 0 bridgehead atoms. The zero-order chi connectivity index (χ0) is 14.7. The van der Waals surface area contributed by atoms with Gasteiger partial charge < -0.3 is 10.1 Å². The fourth-order valence-electron chi connectivity index (χ4n) is 2.43. The number of ether oxygens (including phenoxy) is 1. The van der Waals surface area contributed by atoms with E-state index in [0.717, 1.165) is 17.4 Å². The zero-order valence-electron chi connectivity index (χ0n) is 12.2. The Kier molecular flexibility index (Phi) is 4.42. The van der Waals surface area contributed by atoms with E-state index in [1.807, 2.05) is 20.8 Å². The molecule has 0 aromatic heterocycles. The van der Waals surface area contributed by atoms with Gasteiger partial charge in [0.15, 0.2) is 6.61 Å². The first kappa shape index (κ1) is 14.6. The topological polar surface area (TPSA) is 55.4 Å². The Labute approximate surface area is 119 Å². The number of hydrogen-bond acceptors (Lipinski definition) is 3. The van der Waals surface area contributed by atoms with Crippen molar-refractivity contribution < 1.29 is 14.3 Å². The Hall–Kier alpha value is -1.84. The molecular formula is C16H21NO3. The van der Waals surface area contributed by atoms with Crippen LogP contribution in [0.2, 0.25) is 0 Å². The van der Waals surface area contributed by atoms with Crippen molar-refractivity contribution in [3.8, 4) is 5.75 Å². The van der Waals surface area contributed by atoms with Crippen LogP contribution in [-0.4, -0.2) is 24.8 Å². The van der Waals surface area contributed by atoms with E-state index in [-0.39, 0.29) is 18.6 Å². The highest BCUT2D eigenvalue weighted by Gasteiger charge is 2.28. The van der Waals surface area contributed by atoms with Gasteiger partial charge in [-0.2, -0.15) is 0 Å². The summed E-state index contributed by atoms with van der Waals surface area (Å²) in [6, 6.07) is 3.76. The molecule has 1 amide bonds. The van der Waals surface area contributed by atoms with Crippen LogP contribution >= 0.6 is 0 Å². The number of aryl methyl sites for hydroxylation is 2. The molecule has 1 fully saturated rings. The predicted molar refractivity (Wildman–Crippen MR) is 77.1 cm³/mol. The minimum Gasteiger partial charge on any atom is -0.483 e. The molecular weight excluding hydrogens is 254 g/mol. The van der Waals surface area contributed by atoms with Crippen molar-refractivity contribution in [2.45, 2.75) is 39.7 Å². The first-order valence-electron chi connectivity index (χ1n) is 7.00. The third-order valence-electron chi connectivity index (χ3n) is 3.68. The maximum atomic E-state index is 11.8. The Bertz CT molecular complexity index is 497. The van der Waals surface area contributed by atoms with Crippen LogP contribution < -0.4 is 10.1 Å². The van der Waals surface area contributed by atoms with Crippen molar-refractivity contribution in [1.82, 2.24) is 5.32 Å². The van der Waals surface area contributed by atoms with Crippen LogP contribution in [0.25, 0.3) is 0 Å². The Morgan fingerprint density at radius 2 is 2.00 bits per heavy atom. The van der Waals surface area contributed by atoms with Crippen molar-refractivity contribution in [3.05, 3.63) is 28.8 Å². The minimum atomic E-state index is -0.0948. The lowest BCUT2D eigenvalue weighted by atomic mass is 10.1. The highest BCUT2D eigenvalue weighted by atomic mass is 16.5. The summed E-state index contributed by atoms with van der Waals surface area (Å²) >= 11 is 0.